The topological polar surface area (TPSA) is 53.5 Å². The number of benzene rings is 1. The highest BCUT2D eigenvalue weighted by molar-refractivity contribution is 6.06. The van der Waals surface area contributed by atoms with Gasteiger partial charge in [0.05, 0.1) is 12.1 Å². The number of carbonyl (C=O) groups excluding carboxylic acids is 1. The van der Waals surface area contributed by atoms with E-state index in [-0.39, 0.29) is 5.91 Å². The van der Waals surface area contributed by atoms with Gasteiger partial charge in [-0.15, -0.1) is 0 Å². The van der Waals surface area contributed by atoms with Crippen LogP contribution in [0.15, 0.2) is 35.3 Å². The van der Waals surface area contributed by atoms with Gasteiger partial charge < -0.3 is 5.32 Å². The lowest BCUT2D eigenvalue weighted by Gasteiger charge is -2.22. The summed E-state index contributed by atoms with van der Waals surface area (Å²) in [5, 5.41) is 6.16. The van der Waals surface area contributed by atoms with Crippen LogP contribution in [-0.4, -0.2) is 24.0 Å². The van der Waals surface area contributed by atoms with E-state index in [0.29, 0.717) is 23.6 Å². The summed E-state index contributed by atoms with van der Waals surface area (Å²) in [6.07, 6.45) is 4.77. The van der Waals surface area contributed by atoms with Crippen molar-refractivity contribution < 1.29 is 4.79 Å². The normalized spacial score (nSPS) is 25.9. The quantitative estimate of drug-likeness (QED) is 0.788. The molecule has 4 nitrogen and oxygen atoms in total. The smallest absolute Gasteiger partial charge is 0.257 e. The molecule has 18 heavy (non-hydrogen) atoms. The molecule has 0 bridgehead atoms. The predicted molar refractivity (Wildman–Crippen MR) is 70.5 cm³/mol. The van der Waals surface area contributed by atoms with Crippen LogP contribution < -0.4 is 10.6 Å². The number of hydrogen-bond donors (Lipinski definition) is 2. The van der Waals surface area contributed by atoms with Gasteiger partial charge in [0.25, 0.3) is 5.91 Å². The summed E-state index contributed by atoms with van der Waals surface area (Å²) < 4.78 is 0. The number of carbonyl (C=O) groups is 1. The van der Waals surface area contributed by atoms with Gasteiger partial charge in [-0.1, -0.05) is 31.0 Å². The summed E-state index contributed by atoms with van der Waals surface area (Å²) >= 11 is 0. The number of fused-ring (bicyclic) bond motifs is 1. The summed E-state index contributed by atoms with van der Waals surface area (Å²) in [5.74, 6) is 0.543. The molecule has 1 fully saturated rings. The molecule has 4 heteroatoms. The van der Waals surface area contributed by atoms with Crippen molar-refractivity contribution >= 4 is 11.9 Å². The van der Waals surface area contributed by atoms with E-state index >= 15 is 0 Å². The molecule has 0 unspecified atom stereocenters. The molecular formula is C14H17N3O. The van der Waals surface area contributed by atoms with Gasteiger partial charge in [0, 0.05) is 5.56 Å². The van der Waals surface area contributed by atoms with Crippen LogP contribution in [0.1, 0.15) is 36.0 Å². The van der Waals surface area contributed by atoms with Gasteiger partial charge in [-0.2, -0.15) is 0 Å². The third-order valence-electron chi connectivity index (χ3n) is 3.61. The molecule has 94 valence electrons. The largest absolute Gasteiger partial charge is 0.351 e. The minimum atomic E-state index is -0.0968. The van der Waals surface area contributed by atoms with Crippen LogP contribution in [0.2, 0.25) is 0 Å². The molecule has 0 radical (unpaired) electrons. The second kappa shape index (κ2) is 4.80. The molecular weight excluding hydrogens is 226 g/mol. The average Bonchev–Trinajstić information content (AvgIpc) is 2.82. The molecule has 0 aromatic heterocycles. The molecule has 1 aromatic rings. The Labute approximate surface area is 106 Å². The first-order chi connectivity index (χ1) is 8.83. The summed E-state index contributed by atoms with van der Waals surface area (Å²) in [6.45, 7) is 0. The Hall–Kier alpha value is -1.84. The Morgan fingerprint density at radius 3 is 2.78 bits per heavy atom. The van der Waals surface area contributed by atoms with Gasteiger partial charge in [0.2, 0.25) is 0 Å². The number of rotatable bonds is 1. The lowest BCUT2D eigenvalue weighted by molar-refractivity contribution is 0.0976. The van der Waals surface area contributed by atoms with Crippen LogP contribution >= 0.6 is 0 Å². The first kappa shape index (κ1) is 11.3. The second-order valence-electron chi connectivity index (χ2n) is 4.90. The Morgan fingerprint density at radius 1 is 1.22 bits per heavy atom. The summed E-state index contributed by atoms with van der Waals surface area (Å²) in [6, 6.07) is 10.00. The van der Waals surface area contributed by atoms with Gasteiger partial charge in [-0.05, 0) is 25.0 Å². The third kappa shape index (κ3) is 2.23. The zero-order valence-corrected chi connectivity index (χ0v) is 10.2. The van der Waals surface area contributed by atoms with Crippen LogP contribution in [0.3, 0.4) is 0 Å². The highest BCUT2D eigenvalue weighted by Crippen LogP contribution is 2.24. The molecule has 1 aliphatic carbocycles. The molecule has 1 heterocycles. The van der Waals surface area contributed by atoms with Crippen molar-refractivity contribution in [3.63, 3.8) is 0 Å². The number of hydrogen-bond acceptors (Lipinski definition) is 3. The van der Waals surface area contributed by atoms with Gasteiger partial charge in [-0.3, -0.25) is 10.1 Å². The molecule has 1 saturated carbocycles. The fraction of sp³-hybridized carbons (Fsp3) is 0.429. The van der Waals surface area contributed by atoms with Crippen molar-refractivity contribution in [1.29, 1.82) is 0 Å². The second-order valence-corrected chi connectivity index (χ2v) is 4.90. The first-order valence-electron chi connectivity index (χ1n) is 6.54. The van der Waals surface area contributed by atoms with Gasteiger partial charge in [-0.25, -0.2) is 4.99 Å². The zero-order chi connectivity index (χ0) is 12.4. The number of nitrogens with one attached hydrogen (secondary N) is 2. The van der Waals surface area contributed by atoms with Gasteiger partial charge >= 0.3 is 0 Å². The molecule has 2 N–H and O–H groups in total. The van der Waals surface area contributed by atoms with Crippen LogP contribution in [0, 0.1) is 0 Å². The van der Waals surface area contributed by atoms with Gasteiger partial charge in [0.1, 0.15) is 0 Å². The van der Waals surface area contributed by atoms with Crippen LogP contribution in [0.4, 0.5) is 0 Å². The van der Waals surface area contributed by atoms with Crippen molar-refractivity contribution in [1.82, 2.24) is 10.6 Å². The Balaban J connectivity index is 1.65. The van der Waals surface area contributed by atoms with Crippen molar-refractivity contribution in [2.45, 2.75) is 37.8 Å². The van der Waals surface area contributed by atoms with Crippen LogP contribution in [-0.2, 0) is 0 Å². The summed E-state index contributed by atoms with van der Waals surface area (Å²) in [5.41, 5.74) is 0.664. The number of nitrogens with zero attached hydrogens (tertiary/aromatic N) is 1. The zero-order valence-electron chi connectivity index (χ0n) is 10.2. The van der Waals surface area contributed by atoms with Crippen LogP contribution in [0.25, 0.3) is 0 Å². The Morgan fingerprint density at radius 2 is 2.00 bits per heavy atom. The summed E-state index contributed by atoms with van der Waals surface area (Å²) in [7, 11) is 0. The predicted octanol–water partition coefficient (Wildman–Crippen LogP) is 1.69. The maximum absolute atomic E-state index is 12.0. The fourth-order valence-corrected chi connectivity index (χ4v) is 2.65. The molecule has 1 amide bonds. The fourth-order valence-electron chi connectivity index (χ4n) is 2.65. The van der Waals surface area contributed by atoms with Crippen LogP contribution in [0.5, 0.6) is 0 Å². The SMILES string of the molecule is O=C(NC1=N[C@@H]2CCCC[C@H]2N1)c1ccccc1. The minimum Gasteiger partial charge on any atom is -0.351 e. The van der Waals surface area contributed by atoms with E-state index < -0.39 is 0 Å². The number of amides is 1. The Bertz CT molecular complexity index is 469. The van der Waals surface area contributed by atoms with Gasteiger partial charge in [0.15, 0.2) is 5.96 Å². The van der Waals surface area contributed by atoms with E-state index in [1.807, 2.05) is 18.2 Å². The van der Waals surface area contributed by atoms with Crippen molar-refractivity contribution in [3.05, 3.63) is 35.9 Å². The maximum atomic E-state index is 12.0. The first-order valence-corrected chi connectivity index (χ1v) is 6.54. The third-order valence-corrected chi connectivity index (χ3v) is 3.61. The van der Waals surface area contributed by atoms with E-state index in [1.54, 1.807) is 12.1 Å². The van der Waals surface area contributed by atoms with E-state index in [4.69, 9.17) is 0 Å². The van der Waals surface area contributed by atoms with E-state index in [1.165, 1.54) is 12.8 Å². The number of guanidine groups is 1. The molecule has 3 rings (SSSR count). The van der Waals surface area contributed by atoms with E-state index in [2.05, 4.69) is 15.6 Å². The monoisotopic (exact) mass is 243 g/mol. The minimum absolute atomic E-state index is 0.0968. The maximum Gasteiger partial charge on any atom is 0.257 e. The Kier molecular flexibility index (Phi) is 3.00. The van der Waals surface area contributed by atoms with Crippen molar-refractivity contribution in [2.75, 3.05) is 0 Å². The highest BCUT2D eigenvalue weighted by atomic mass is 16.1. The highest BCUT2D eigenvalue weighted by Gasteiger charge is 2.31. The molecule has 1 aliphatic heterocycles. The lowest BCUT2D eigenvalue weighted by Crippen LogP contribution is -2.43. The molecule has 1 aromatic carbocycles. The number of aliphatic imine (C=N–C) groups is 1. The van der Waals surface area contributed by atoms with E-state index in [0.717, 1.165) is 12.8 Å². The van der Waals surface area contributed by atoms with Crippen molar-refractivity contribution in [2.24, 2.45) is 4.99 Å². The molecule has 0 spiro atoms. The van der Waals surface area contributed by atoms with E-state index in [9.17, 15) is 4.79 Å². The molecule has 2 atom stereocenters. The standard InChI is InChI=1S/C14H17N3O/c18-13(10-6-2-1-3-7-10)17-14-15-11-8-4-5-9-12(11)16-14/h1-3,6-7,11-12H,4-5,8-9H2,(H2,15,16,17,18)/t11-,12-/m1/s1. The van der Waals surface area contributed by atoms with Crippen molar-refractivity contribution in [3.8, 4) is 0 Å². The summed E-state index contributed by atoms with van der Waals surface area (Å²) in [4.78, 5) is 16.5. The molecule has 2 aliphatic rings. The average molecular weight is 243 g/mol. The lowest BCUT2D eigenvalue weighted by atomic mass is 9.92. The molecule has 0 saturated heterocycles.